The number of nitrogens with one attached hydrogen (secondary N) is 1. The molecular weight excluding hydrogens is 418 g/mol. The van der Waals surface area contributed by atoms with E-state index in [-0.39, 0.29) is 29.3 Å². The van der Waals surface area contributed by atoms with Gasteiger partial charge in [0.15, 0.2) is 5.16 Å². The standard InChI is InChI=1S/C18H24BrN3O3S/c1-5-18(3,4)21-15(24)10-26-17-20-14-7-6-12(19)8-13(14)16(25)22(17)9-11(2)23/h6-8,11,23H,5,9-10H2,1-4H3,(H,21,24)/t11-/m0/s1. The van der Waals surface area contributed by atoms with E-state index in [4.69, 9.17) is 0 Å². The SMILES string of the molecule is CCC(C)(C)NC(=O)CSc1nc2ccc(Br)cc2c(=O)n1C[C@H](C)O. The molecule has 1 heterocycles. The number of aliphatic hydroxyl groups is 1. The van der Waals surface area contributed by atoms with Gasteiger partial charge >= 0.3 is 0 Å². The Morgan fingerprint density at radius 1 is 1.46 bits per heavy atom. The molecule has 2 aromatic rings. The Balaban J connectivity index is 2.34. The third-order valence-corrected chi connectivity index (χ3v) is 5.49. The summed E-state index contributed by atoms with van der Waals surface area (Å²) in [4.78, 5) is 29.6. The molecular formula is C18H24BrN3O3S. The van der Waals surface area contributed by atoms with Crippen LogP contribution in [0.5, 0.6) is 0 Å². The predicted octanol–water partition coefficient (Wildman–Crippen LogP) is 2.94. The number of hydrogen-bond donors (Lipinski definition) is 2. The predicted molar refractivity (Wildman–Crippen MR) is 109 cm³/mol. The lowest BCUT2D eigenvalue weighted by atomic mass is 10.0. The van der Waals surface area contributed by atoms with Gasteiger partial charge in [0.2, 0.25) is 5.91 Å². The summed E-state index contributed by atoms with van der Waals surface area (Å²) in [7, 11) is 0. The van der Waals surface area contributed by atoms with Crippen LogP contribution in [-0.2, 0) is 11.3 Å². The van der Waals surface area contributed by atoms with E-state index < -0.39 is 6.10 Å². The maximum absolute atomic E-state index is 12.8. The molecule has 142 valence electrons. The molecule has 0 aliphatic carbocycles. The van der Waals surface area contributed by atoms with E-state index in [1.54, 1.807) is 19.1 Å². The minimum absolute atomic E-state index is 0.115. The number of benzene rings is 1. The molecule has 0 radical (unpaired) electrons. The van der Waals surface area contributed by atoms with Gasteiger partial charge in [-0.15, -0.1) is 0 Å². The molecule has 0 saturated heterocycles. The van der Waals surface area contributed by atoms with Gasteiger partial charge in [-0.05, 0) is 45.4 Å². The van der Waals surface area contributed by atoms with E-state index in [1.807, 2.05) is 26.8 Å². The van der Waals surface area contributed by atoms with E-state index >= 15 is 0 Å². The fourth-order valence-corrected chi connectivity index (χ4v) is 3.51. The molecule has 2 N–H and O–H groups in total. The number of aliphatic hydroxyl groups excluding tert-OH is 1. The van der Waals surface area contributed by atoms with Crippen LogP contribution < -0.4 is 10.9 Å². The third-order valence-electron chi connectivity index (χ3n) is 4.02. The highest BCUT2D eigenvalue weighted by molar-refractivity contribution is 9.10. The van der Waals surface area contributed by atoms with E-state index in [9.17, 15) is 14.7 Å². The van der Waals surface area contributed by atoms with Gasteiger partial charge in [0.25, 0.3) is 5.56 Å². The number of hydrogen-bond acceptors (Lipinski definition) is 5. The first-order chi connectivity index (χ1) is 12.1. The summed E-state index contributed by atoms with van der Waals surface area (Å²) < 4.78 is 2.22. The Morgan fingerprint density at radius 2 is 2.15 bits per heavy atom. The van der Waals surface area contributed by atoms with Crippen molar-refractivity contribution >= 4 is 44.5 Å². The maximum atomic E-state index is 12.8. The van der Waals surface area contributed by atoms with Crippen LogP contribution in [0.3, 0.4) is 0 Å². The Labute approximate surface area is 165 Å². The number of rotatable bonds is 7. The zero-order valence-corrected chi connectivity index (χ0v) is 17.8. The second-order valence-electron chi connectivity index (χ2n) is 6.89. The quantitative estimate of drug-likeness (QED) is 0.509. The molecule has 0 fully saturated rings. The molecule has 1 aromatic heterocycles. The van der Waals surface area contributed by atoms with Crippen molar-refractivity contribution in [3.63, 3.8) is 0 Å². The highest BCUT2D eigenvalue weighted by atomic mass is 79.9. The number of carbonyl (C=O) groups excluding carboxylic acids is 1. The average Bonchev–Trinajstić information content (AvgIpc) is 2.56. The number of thioether (sulfide) groups is 1. The lowest BCUT2D eigenvalue weighted by Crippen LogP contribution is -2.43. The molecule has 26 heavy (non-hydrogen) atoms. The number of fused-ring (bicyclic) bond motifs is 1. The summed E-state index contributed by atoms with van der Waals surface area (Å²) >= 11 is 4.56. The molecule has 0 spiro atoms. The zero-order valence-electron chi connectivity index (χ0n) is 15.4. The van der Waals surface area contributed by atoms with Crippen LogP contribution in [0.4, 0.5) is 0 Å². The highest BCUT2D eigenvalue weighted by Crippen LogP contribution is 2.21. The smallest absolute Gasteiger partial charge is 0.262 e. The highest BCUT2D eigenvalue weighted by Gasteiger charge is 2.19. The van der Waals surface area contributed by atoms with E-state index in [0.717, 1.165) is 10.9 Å². The van der Waals surface area contributed by atoms with Crippen LogP contribution in [0, 0.1) is 0 Å². The Hall–Kier alpha value is -1.38. The molecule has 1 aromatic carbocycles. The summed E-state index contributed by atoms with van der Waals surface area (Å²) in [5.41, 5.74) is 0.0610. The van der Waals surface area contributed by atoms with Gasteiger partial charge in [-0.1, -0.05) is 34.6 Å². The number of nitrogens with zero attached hydrogens (tertiary/aromatic N) is 2. The molecule has 0 saturated carbocycles. The summed E-state index contributed by atoms with van der Waals surface area (Å²) in [5.74, 6) is 0.0353. The van der Waals surface area contributed by atoms with Crippen LogP contribution in [-0.4, -0.2) is 38.0 Å². The molecule has 1 atom stereocenters. The fourth-order valence-electron chi connectivity index (χ4n) is 2.34. The Bertz CT molecular complexity index is 865. The molecule has 0 unspecified atom stereocenters. The minimum atomic E-state index is -0.702. The minimum Gasteiger partial charge on any atom is -0.392 e. The van der Waals surface area contributed by atoms with Crippen LogP contribution in [0.25, 0.3) is 10.9 Å². The van der Waals surface area contributed by atoms with Gasteiger partial charge < -0.3 is 10.4 Å². The number of aromatic nitrogens is 2. The van der Waals surface area contributed by atoms with Gasteiger partial charge in [0.05, 0.1) is 29.3 Å². The Morgan fingerprint density at radius 3 is 2.77 bits per heavy atom. The first kappa shape index (κ1) is 20.9. The molecule has 1 amide bonds. The average molecular weight is 442 g/mol. The number of amides is 1. The van der Waals surface area contributed by atoms with E-state index in [1.165, 1.54) is 16.3 Å². The second-order valence-corrected chi connectivity index (χ2v) is 8.75. The van der Waals surface area contributed by atoms with Crippen molar-refractivity contribution < 1.29 is 9.90 Å². The molecule has 0 aliphatic rings. The van der Waals surface area contributed by atoms with Crippen LogP contribution >= 0.6 is 27.7 Å². The van der Waals surface area contributed by atoms with Crippen molar-refractivity contribution in [1.29, 1.82) is 0 Å². The van der Waals surface area contributed by atoms with Crippen LogP contribution in [0.15, 0.2) is 32.6 Å². The first-order valence-electron chi connectivity index (χ1n) is 8.45. The number of halogens is 1. The summed E-state index contributed by atoms with van der Waals surface area (Å²) in [6.45, 7) is 7.67. The van der Waals surface area contributed by atoms with Gasteiger partial charge in [0.1, 0.15) is 0 Å². The van der Waals surface area contributed by atoms with Crippen molar-refractivity contribution in [3.8, 4) is 0 Å². The van der Waals surface area contributed by atoms with E-state index in [0.29, 0.717) is 16.1 Å². The second kappa shape index (κ2) is 8.54. The third kappa shape index (κ3) is 5.31. The van der Waals surface area contributed by atoms with E-state index in [2.05, 4.69) is 26.2 Å². The van der Waals surface area contributed by atoms with Gasteiger partial charge in [0, 0.05) is 10.0 Å². The fraction of sp³-hybridized carbons (Fsp3) is 0.500. The summed E-state index contributed by atoms with van der Waals surface area (Å²) in [5, 5.41) is 13.6. The van der Waals surface area contributed by atoms with Gasteiger partial charge in [-0.25, -0.2) is 4.98 Å². The Kier molecular flexibility index (Phi) is 6.87. The van der Waals surface area contributed by atoms with Gasteiger partial charge in [-0.2, -0.15) is 0 Å². The van der Waals surface area contributed by atoms with Crippen molar-refractivity contribution in [2.45, 2.75) is 57.5 Å². The van der Waals surface area contributed by atoms with Crippen molar-refractivity contribution in [1.82, 2.24) is 14.9 Å². The summed E-state index contributed by atoms with van der Waals surface area (Å²) in [6, 6.07) is 5.30. The molecule has 0 aliphatic heterocycles. The first-order valence-corrected chi connectivity index (χ1v) is 10.2. The molecule has 6 nitrogen and oxygen atoms in total. The maximum Gasteiger partial charge on any atom is 0.262 e. The molecule has 2 rings (SSSR count). The van der Waals surface area contributed by atoms with Crippen molar-refractivity contribution in [3.05, 3.63) is 33.0 Å². The molecule has 8 heteroatoms. The van der Waals surface area contributed by atoms with Crippen LogP contribution in [0.1, 0.15) is 34.1 Å². The van der Waals surface area contributed by atoms with Crippen molar-refractivity contribution in [2.24, 2.45) is 0 Å². The number of carbonyl (C=O) groups is 1. The molecule has 0 bridgehead atoms. The lowest BCUT2D eigenvalue weighted by molar-refractivity contribution is -0.120. The lowest BCUT2D eigenvalue weighted by Gasteiger charge is -2.24. The monoisotopic (exact) mass is 441 g/mol. The largest absolute Gasteiger partial charge is 0.392 e. The topological polar surface area (TPSA) is 84.2 Å². The van der Waals surface area contributed by atoms with Crippen molar-refractivity contribution in [2.75, 3.05) is 5.75 Å². The zero-order chi connectivity index (χ0) is 19.5. The summed E-state index contributed by atoms with van der Waals surface area (Å²) in [6.07, 6.45) is 0.116. The normalized spacial score (nSPS) is 13.0. The van der Waals surface area contributed by atoms with Crippen LogP contribution in [0.2, 0.25) is 0 Å². The van der Waals surface area contributed by atoms with Gasteiger partial charge in [-0.3, -0.25) is 14.2 Å².